The fourth-order valence-corrected chi connectivity index (χ4v) is 1.54. The average Bonchev–Trinajstić information content (AvgIpc) is 2.46. The molecule has 0 fully saturated rings. The van der Waals surface area contributed by atoms with E-state index in [1.165, 1.54) is 0 Å². The SMILES string of the molecule is Cn1cnnc1SCCCC#N. The van der Waals surface area contributed by atoms with Crippen LogP contribution in [-0.2, 0) is 7.05 Å². The van der Waals surface area contributed by atoms with Crippen molar-refractivity contribution in [2.24, 2.45) is 7.05 Å². The van der Waals surface area contributed by atoms with E-state index in [0.717, 1.165) is 17.3 Å². The number of aryl methyl sites for hydroxylation is 1. The molecule has 1 aromatic rings. The van der Waals surface area contributed by atoms with Gasteiger partial charge in [-0.25, -0.2) is 0 Å². The van der Waals surface area contributed by atoms with Gasteiger partial charge in [0.25, 0.3) is 0 Å². The third-order valence-corrected chi connectivity index (χ3v) is 2.45. The van der Waals surface area contributed by atoms with E-state index in [4.69, 9.17) is 5.26 Å². The lowest BCUT2D eigenvalue weighted by Gasteiger charge is -1.96. The molecular formula is C7H10N4S. The molecule has 0 saturated carbocycles. The summed E-state index contributed by atoms with van der Waals surface area (Å²) in [6.45, 7) is 0. The van der Waals surface area contributed by atoms with Gasteiger partial charge in [-0.2, -0.15) is 5.26 Å². The standard InChI is InChI=1S/C7H10N4S/c1-11-6-9-10-7(11)12-5-3-2-4-8/h6H,2-3,5H2,1H3. The third kappa shape index (κ3) is 2.55. The molecule has 0 aromatic carbocycles. The second kappa shape index (κ2) is 4.78. The van der Waals surface area contributed by atoms with E-state index >= 15 is 0 Å². The van der Waals surface area contributed by atoms with Crippen molar-refractivity contribution in [1.82, 2.24) is 14.8 Å². The van der Waals surface area contributed by atoms with Gasteiger partial charge in [0.1, 0.15) is 6.33 Å². The van der Waals surface area contributed by atoms with Gasteiger partial charge in [0.15, 0.2) is 5.16 Å². The number of unbranched alkanes of at least 4 members (excludes halogenated alkanes) is 1. The van der Waals surface area contributed by atoms with Gasteiger partial charge in [-0.3, -0.25) is 0 Å². The molecule has 12 heavy (non-hydrogen) atoms. The highest BCUT2D eigenvalue weighted by Gasteiger charge is 1.99. The lowest BCUT2D eigenvalue weighted by molar-refractivity contribution is 0.787. The smallest absolute Gasteiger partial charge is 0.190 e. The lowest BCUT2D eigenvalue weighted by atomic mass is 10.4. The molecule has 0 aliphatic rings. The van der Waals surface area contributed by atoms with E-state index in [0.29, 0.717) is 6.42 Å². The minimum Gasteiger partial charge on any atom is -0.312 e. The van der Waals surface area contributed by atoms with Crippen molar-refractivity contribution in [1.29, 1.82) is 5.26 Å². The van der Waals surface area contributed by atoms with Crippen LogP contribution < -0.4 is 0 Å². The van der Waals surface area contributed by atoms with Crippen LogP contribution in [0.4, 0.5) is 0 Å². The predicted molar refractivity (Wildman–Crippen MR) is 46.6 cm³/mol. The Bertz CT molecular complexity index is 275. The Kier molecular flexibility index (Phi) is 3.61. The van der Waals surface area contributed by atoms with Gasteiger partial charge in [0.05, 0.1) is 6.07 Å². The Hall–Kier alpha value is -1.02. The second-order valence-electron chi connectivity index (χ2n) is 2.33. The maximum atomic E-state index is 8.29. The van der Waals surface area contributed by atoms with Crippen molar-refractivity contribution in [2.75, 3.05) is 5.75 Å². The van der Waals surface area contributed by atoms with Crippen molar-refractivity contribution < 1.29 is 0 Å². The zero-order chi connectivity index (χ0) is 8.81. The van der Waals surface area contributed by atoms with Crippen molar-refractivity contribution in [3.8, 4) is 6.07 Å². The first-order valence-corrected chi connectivity index (χ1v) is 4.67. The zero-order valence-electron chi connectivity index (χ0n) is 6.90. The molecular weight excluding hydrogens is 172 g/mol. The van der Waals surface area contributed by atoms with E-state index in [-0.39, 0.29) is 0 Å². The fraction of sp³-hybridized carbons (Fsp3) is 0.571. The van der Waals surface area contributed by atoms with Crippen LogP contribution in [0.2, 0.25) is 0 Å². The van der Waals surface area contributed by atoms with Gasteiger partial charge in [-0.15, -0.1) is 10.2 Å². The Morgan fingerprint density at radius 2 is 2.58 bits per heavy atom. The monoisotopic (exact) mass is 182 g/mol. The van der Waals surface area contributed by atoms with Crippen LogP contribution >= 0.6 is 11.8 Å². The van der Waals surface area contributed by atoms with Crippen molar-refractivity contribution >= 4 is 11.8 Å². The summed E-state index contributed by atoms with van der Waals surface area (Å²) in [6.07, 6.45) is 3.20. The maximum absolute atomic E-state index is 8.29. The summed E-state index contributed by atoms with van der Waals surface area (Å²) in [5.41, 5.74) is 0. The summed E-state index contributed by atoms with van der Waals surface area (Å²) >= 11 is 1.63. The molecule has 0 bridgehead atoms. The van der Waals surface area contributed by atoms with Gasteiger partial charge >= 0.3 is 0 Å². The van der Waals surface area contributed by atoms with Crippen LogP contribution in [0.5, 0.6) is 0 Å². The summed E-state index contributed by atoms with van der Waals surface area (Å²) in [5, 5.41) is 16.8. The van der Waals surface area contributed by atoms with Gasteiger partial charge in [0.2, 0.25) is 0 Å². The molecule has 0 aliphatic heterocycles. The van der Waals surface area contributed by atoms with Crippen LogP contribution in [0.15, 0.2) is 11.5 Å². The normalized spacial score (nSPS) is 9.67. The Balaban J connectivity index is 2.25. The fourth-order valence-electron chi connectivity index (χ4n) is 0.718. The lowest BCUT2D eigenvalue weighted by Crippen LogP contribution is -1.89. The molecule has 0 aliphatic carbocycles. The predicted octanol–water partition coefficient (Wildman–Crippen LogP) is 1.21. The van der Waals surface area contributed by atoms with Crippen LogP contribution in [0.3, 0.4) is 0 Å². The highest BCUT2D eigenvalue weighted by atomic mass is 32.2. The van der Waals surface area contributed by atoms with Gasteiger partial charge in [-0.05, 0) is 6.42 Å². The molecule has 4 nitrogen and oxygen atoms in total. The maximum Gasteiger partial charge on any atom is 0.190 e. The molecule has 64 valence electrons. The van der Waals surface area contributed by atoms with Crippen LogP contribution in [-0.4, -0.2) is 20.5 Å². The van der Waals surface area contributed by atoms with Crippen molar-refractivity contribution in [3.63, 3.8) is 0 Å². The minimum atomic E-state index is 0.616. The van der Waals surface area contributed by atoms with Gasteiger partial charge in [-0.1, -0.05) is 11.8 Å². The van der Waals surface area contributed by atoms with E-state index in [1.54, 1.807) is 18.1 Å². The molecule has 0 radical (unpaired) electrons. The highest BCUT2D eigenvalue weighted by molar-refractivity contribution is 7.99. The molecule has 0 atom stereocenters. The molecule has 0 unspecified atom stereocenters. The van der Waals surface area contributed by atoms with Crippen molar-refractivity contribution in [2.45, 2.75) is 18.0 Å². The summed E-state index contributed by atoms with van der Waals surface area (Å²) in [6, 6.07) is 2.11. The Morgan fingerprint density at radius 3 is 3.17 bits per heavy atom. The number of rotatable bonds is 4. The van der Waals surface area contributed by atoms with E-state index in [2.05, 4.69) is 16.3 Å². The Morgan fingerprint density at radius 1 is 1.75 bits per heavy atom. The highest BCUT2D eigenvalue weighted by Crippen LogP contribution is 2.14. The summed E-state index contributed by atoms with van der Waals surface area (Å²) in [7, 11) is 1.91. The molecule has 0 amide bonds. The van der Waals surface area contributed by atoms with E-state index in [1.807, 2.05) is 11.6 Å². The summed E-state index contributed by atoms with van der Waals surface area (Å²) in [4.78, 5) is 0. The number of thioether (sulfide) groups is 1. The second-order valence-corrected chi connectivity index (χ2v) is 3.40. The Labute approximate surface area is 75.6 Å². The first kappa shape index (κ1) is 9.07. The molecule has 0 N–H and O–H groups in total. The first-order chi connectivity index (χ1) is 5.84. The van der Waals surface area contributed by atoms with Gasteiger partial charge < -0.3 is 4.57 Å². The third-order valence-electron chi connectivity index (χ3n) is 1.33. The van der Waals surface area contributed by atoms with Crippen LogP contribution in [0, 0.1) is 11.3 Å². The summed E-state index contributed by atoms with van der Waals surface area (Å²) in [5.74, 6) is 0.931. The molecule has 1 rings (SSSR count). The number of nitrogens with zero attached hydrogens (tertiary/aromatic N) is 4. The zero-order valence-corrected chi connectivity index (χ0v) is 7.71. The first-order valence-electron chi connectivity index (χ1n) is 3.68. The van der Waals surface area contributed by atoms with E-state index in [9.17, 15) is 0 Å². The van der Waals surface area contributed by atoms with Crippen LogP contribution in [0.25, 0.3) is 0 Å². The number of aromatic nitrogens is 3. The number of nitriles is 1. The topological polar surface area (TPSA) is 54.5 Å². The number of hydrogen-bond acceptors (Lipinski definition) is 4. The minimum absolute atomic E-state index is 0.616. The van der Waals surface area contributed by atoms with Crippen LogP contribution in [0.1, 0.15) is 12.8 Å². The van der Waals surface area contributed by atoms with Crippen molar-refractivity contribution in [3.05, 3.63) is 6.33 Å². The summed E-state index contributed by atoms with van der Waals surface area (Å²) < 4.78 is 1.87. The largest absolute Gasteiger partial charge is 0.312 e. The number of hydrogen-bond donors (Lipinski definition) is 0. The molecule has 0 spiro atoms. The average molecular weight is 182 g/mol. The van der Waals surface area contributed by atoms with Gasteiger partial charge in [0, 0.05) is 19.2 Å². The quantitative estimate of drug-likeness (QED) is 0.519. The molecule has 1 aromatic heterocycles. The molecule has 0 saturated heterocycles. The molecule has 1 heterocycles. The molecule has 5 heteroatoms. The van der Waals surface area contributed by atoms with E-state index < -0.39 is 0 Å².